The Hall–Kier alpha value is -0.0400. The molecule has 2 heterocycles. The highest BCUT2D eigenvalue weighted by atomic mass is 127. The number of aliphatic imine (C=N–C) groups is 1. The van der Waals surface area contributed by atoms with Gasteiger partial charge in [0.25, 0.3) is 0 Å². The first kappa shape index (κ1) is 17.3. The minimum atomic E-state index is 0. The number of ether oxygens (including phenoxy) is 1. The zero-order chi connectivity index (χ0) is 14.2. The molecule has 122 valence electrons. The molecule has 0 aromatic carbocycles. The number of likely N-dealkylation sites (tertiary alicyclic amines) is 1. The van der Waals surface area contributed by atoms with Crippen molar-refractivity contribution >= 4 is 29.9 Å². The lowest BCUT2D eigenvalue weighted by Crippen LogP contribution is -2.71. The smallest absolute Gasteiger partial charge is 0.194 e. The van der Waals surface area contributed by atoms with Crippen LogP contribution in [0.1, 0.15) is 46.5 Å². The molecule has 3 unspecified atom stereocenters. The van der Waals surface area contributed by atoms with Gasteiger partial charge < -0.3 is 15.0 Å². The fourth-order valence-corrected chi connectivity index (χ4v) is 4.27. The van der Waals surface area contributed by atoms with Gasteiger partial charge in [0.1, 0.15) is 0 Å². The van der Waals surface area contributed by atoms with Crippen LogP contribution in [0.2, 0.25) is 0 Å². The number of rotatable bonds is 2. The van der Waals surface area contributed by atoms with Crippen molar-refractivity contribution in [2.24, 2.45) is 16.3 Å². The minimum absolute atomic E-state index is 0. The monoisotopic (exact) mass is 407 g/mol. The largest absolute Gasteiger partial charge is 0.377 e. The van der Waals surface area contributed by atoms with E-state index in [0.29, 0.717) is 18.1 Å². The maximum absolute atomic E-state index is 6.00. The number of nitrogens with zero attached hydrogens (tertiary/aromatic N) is 2. The van der Waals surface area contributed by atoms with E-state index in [1.54, 1.807) is 0 Å². The Morgan fingerprint density at radius 2 is 2.00 bits per heavy atom. The normalized spacial score (nSPS) is 34.7. The molecule has 0 aromatic heterocycles. The summed E-state index contributed by atoms with van der Waals surface area (Å²) < 4.78 is 6.00. The van der Waals surface area contributed by atoms with Crippen LogP contribution >= 0.6 is 24.0 Å². The summed E-state index contributed by atoms with van der Waals surface area (Å²) in [6.45, 7) is 10.9. The first-order valence-corrected chi connectivity index (χ1v) is 8.32. The topological polar surface area (TPSA) is 36.9 Å². The highest BCUT2D eigenvalue weighted by Crippen LogP contribution is 2.51. The van der Waals surface area contributed by atoms with E-state index < -0.39 is 0 Å². The molecule has 0 spiro atoms. The van der Waals surface area contributed by atoms with Crippen molar-refractivity contribution in [3.8, 4) is 0 Å². The summed E-state index contributed by atoms with van der Waals surface area (Å²) in [6.07, 6.45) is 5.54. The summed E-state index contributed by atoms with van der Waals surface area (Å²) in [7, 11) is 0. The van der Waals surface area contributed by atoms with E-state index >= 15 is 0 Å². The number of fused-ring (bicyclic) bond motifs is 1. The van der Waals surface area contributed by atoms with E-state index in [9.17, 15) is 0 Å². The first-order chi connectivity index (χ1) is 9.64. The molecule has 0 aromatic rings. The van der Waals surface area contributed by atoms with Crippen molar-refractivity contribution in [2.75, 3.05) is 26.2 Å². The maximum atomic E-state index is 6.00. The Kier molecular flexibility index (Phi) is 5.79. The second-order valence-corrected chi connectivity index (χ2v) is 7.03. The molecule has 1 aliphatic carbocycles. The van der Waals surface area contributed by atoms with Gasteiger partial charge in [-0.05, 0) is 32.6 Å². The molecule has 0 radical (unpaired) electrons. The fraction of sp³-hybridized carbons (Fsp3) is 0.938. The zero-order valence-corrected chi connectivity index (χ0v) is 15.9. The van der Waals surface area contributed by atoms with Gasteiger partial charge in [-0.25, -0.2) is 0 Å². The molecule has 5 heteroatoms. The summed E-state index contributed by atoms with van der Waals surface area (Å²) in [5.41, 5.74) is 0.222. The van der Waals surface area contributed by atoms with Crippen molar-refractivity contribution in [1.82, 2.24) is 10.2 Å². The maximum Gasteiger partial charge on any atom is 0.194 e. The summed E-state index contributed by atoms with van der Waals surface area (Å²) in [5, 5.41) is 3.78. The lowest BCUT2D eigenvalue weighted by molar-refractivity contribution is -0.188. The first-order valence-electron chi connectivity index (χ1n) is 8.32. The summed E-state index contributed by atoms with van der Waals surface area (Å²) >= 11 is 0. The van der Waals surface area contributed by atoms with E-state index in [-0.39, 0.29) is 29.4 Å². The van der Waals surface area contributed by atoms with Crippen molar-refractivity contribution in [3.63, 3.8) is 0 Å². The van der Waals surface area contributed by atoms with Gasteiger partial charge in [-0.2, -0.15) is 0 Å². The molecule has 0 bridgehead atoms. The van der Waals surface area contributed by atoms with Crippen LogP contribution in [0.25, 0.3) is 0 Å². The van der Waals surface area contributed by atoms with Gasteiger partial charge in [0.05, 0.1) is 6.10 Å². The molecule has 3 aliphatic rings. The second kappa shape index (κ2) is 7.02. The molecule has 2 saturated heterocycles. The van der Waals surface area contributed by atoms with E-state index in [2.05, 4.69) is 31.0 Å². The van der Waals surface area contributed by atoms with Crippen LogP contribution in [0.4, 0.5) is 0 Å². The van der Waals surface area contributed by atoms with E-state index in [1.165, 1.54) is 25.7 Å². The van der Waals surface area contributed by atoms with Gasteiger partial charge in [-0.3, -0.25) is 4.99 Å². The molecule has 3 rings (SSSR count). The van der Waals surface area contributed by atoms with Crippen LogP contribution in [0.5, 0.6) is 0 Å². The summed E-state index contributed by atoms with van der Waals surface area (Å²) in [4.78, 5) is 7.15. The number of guanidine groups is 1. The molecule has 3 atom stereocenters. The van der Waals surface area contributed by atoms with Crippen LogP contribution in [-0.4, -0.2) is 49.2 Å². The van der Waals surface area contributed by atoms with E-state index in [4.69, 9.17) is 9.73 Å². The molecule has 21 heavy (non-hydrogen) atoms. The number of halogens is 1. The van der Waals surface area contributed by atoms with Crippen molar-refractivity contribution in [2.45, 2.75) is 58.6 Å². The molecule has 4 nitrogen and oxygen atoms in total. The third-order valence-corrected chi connectivity index (χ3v) is 5.33. The average Bonchev–Trinajstić information content (AvgIpc) is 2.97. The molecule has 1 saturated carbocycles. The Labute approximate surface area is 146 Å². The predicted molar refractivity (Wildman–Crippen MR) is 97.4 cm³/mol. The van der Waals surface area contributed by atoms with Crippen molar-refractivity contribution in [1.29, 1.82) is 0 Å². The Bertz CT molecular complexity index is 380. The van der Waals surface area contributed by atoms with Gasteiger partial charge in [0.2, 0.25) is 0 Å². The van der Waals surface area contributed by atoms with Crippen molar-refractivity contribution < 1.29 is 4.74 Å². The van der Waals surface area contributed by atoms with Gasteiger partial charge in [-0.15, -0.1) is 24.0 Å². The van der Waals surface area contributed by atoms with E-state index in [1.807, 2.05) is 0 Å². The number of hydrogen-bond donors (Lipinski definition) is 1. The Morgan fingerprint density at radius 1 is 1.29 bits per heavy atom. The van der Waals surface area contributed by atoms with Gasteiger partial charge in [0, 0.05) is 43.6 Å². The minimum Gasteiger partial charge on any atom is -0.377 e. The standard InChI is InChI=1S/C16H29N3O.HI/c1-4-17-15(19-9-5-6-10-19)18-13-12-8-7-11-20-14(12)16(13,2)3;/h12-14H,4-11H2,1-3H3,(H,17,18);1H. The van der Waals surface area contributed by atoms with Crippen LogP contribution < -0.4 is 5.32 Å². The summed E-state index contributed by atoms with van der Waals surface area (Å²) in [5.74, 6) is 1.80. The molecule has 1 N–H and O–H groups in total. The Balaban J connectivity index is 0.00000161. The highest BCUT2D eigenvalue weighted by molar-refractivity contribution is 14.0. The van der Waals surface area contributed by atoms with Crippen LogP contribution in [0.3, 0.4) is 0 Å². The SMILES string of the molecule is CCN=C(NC1C2CCCOC2C1(C)C)N1CCCC1.I. The molecular formula is C16H30IN3O. The Morgan fingerprint density at radius 3 is 2.67 bits per heavy atom. The summed E-state index contributed by atoms with van der Waals surface area (Å²) in [6, 6.07) is 0.513. The second-order valence-electron chi connectivity index (χ2n) is 7.03. The lowest BCUT2D eigenvalue weighted by Gasteiger charge is -2.60. The fourth-order valence-electron chi connectivity index (χ4n) is 4.27. The lowest BCUT2D eigenvalue weighted by atomic mass is 9.55. The predicted octanol–water partition coefficient (Wildman–Crippen LogP) is 2.87. The van der Waals surface area contributed by atoms with Crippen LogP contribution in [0.15, 0.2) is 4.99 Å². The van der Waals surface area contributed by atoms with Crippen LogP contribution in [-0.2, 0) is 4.74 Å². The van der Waals surface area contributed by atoms with Crippen molar-refractivity contribution in [3.05, 3.63) is 0 Å². The third-order valence-electron chi connectivity index (χ3n) is 5.33. The highest BCUT2D eigenvalue weighted by Gasteiger charge is 2.58. The molecular weight excluding hydrogens is 377 g/mol. The third kappa shape index (κ3) is 3.19. The average molecular weight is 407 g/mol. The number of hydrogen-bond acceptors (Lipinski definition) is 2. The van der Waals surface area contributed by atoms with Gasteiger partial charge >= 0.3 is 0 Å². The van der Waals surface area contributed by atoms with Crippen LogP contribution in [0, 0.1) is 11.3 Å². The molecule has 2 aliphatic heterocycles. The number of nitrogens with one attached hydrogen (secondary N) is 1. The quantitative estimate of drug-likeness (QED) is 0.435. The molecule has 3 fully saturated rings. The van der Waals surface area contributed by atoms with Gasteiger partial charge in [0.15, 0.2) is 5.96 Å². The van der Waals surface area contributed by atoms with E-state index in [0.717, 1.165) is 32.2 Å². The zero-order valence-electron chi connectivity index (χ0n) is 13.6. The van der Waals surface area contributed by atoms with Gasteiger partial charge in [-0.1, -0.05) is 13.8 Å². The molecule has 0 amide bonds.